The topological polar surface area (TPSA) is 48.7 Å². The van der Waals surface area contributed by atoms with Gasteiger partial charge in [-0.3, -0.25) is 0 Å². The summed E-state index contributed by atoms with van der Waals surface area (Å²) in [5.41, 5.74) is 1.83. The van der Waals surface area contributed by atoms with Crippen LogP contribution in [0.3, 0.4) is 0 Å². The van der Waals surface area contributed by atoms with Crippen LogP contribution >= 0.6 is 0 Å². The molecule has 0 fully saturated rings. The number of ether oxygens (including phenoxy) is 2. The molecule has 0 saturated heterocycles. The zero-order chi connectivity index (χ0) is 17.3. The van der Waals surface area contributed by atoms with E-state index in [1.54, 1.807) is 24.3 Å². The Kier molecular flexibility index (Phi) is 3.92. The molecular formula is C17H11F3O4. The molecule has 124 valence electrons. The van der Waals surface area contributed by atoms with Crippen molar-refractivity contribution in [2.24, 2.45) is 0 Å². The molecule has 0 aliphatic carbocycles. The third kappa shape index (κ3) is 3.19. The highest BCUT2D eigenvalue weighted by Gasteiger charge is 2.31. The van der Waals surface area contributed by atoms with E-state index in [0.717, 1.165) is 0 Å². The van der Waals surface area contributed by atoms with Crippen LogP contribution in [-0.2, 0) is 4.74 Å². The Morgan fingerprint density at radius 1 is 1.12 bits per heavy atom. The standard InChI is InChI=1S/C17H11F3O4/c1-22-16(21)11-5-6-15-13(8-11)14(9-23-15)10-3-2-4-12(7-10)24-17(18,19)20/h2-9H,1H3. The van der Waals surface area contributed by atoms with Gasteiger partial charge in [0.25, 0.3) is 0 Å². The van der Waals surface area contributed by atoms with Crippen LogP contribution in [0.2, 0.25) is 0 Å². The summed E-state index contributed by atoms with van der Waals surface area (Å²) in [6, 6.07) is 10.2. The molecule has 0 amide bonds. The van der Waals surface area contributed by atoms with Gasteiger partial charge in [-0.1, -0.05) is 12.1 Å². The van der Waals surface area contributed by atoms with Gasteiger partial charge in [0.05, 0.1) is 18.9 Å². The summed E-state index contributed by atoms with van der Waals surface area (Å²) < 4.78 is 51.1. The number of carbonyl (C=O) groups is 1. The van der Waals surface area contributed by atoms with Gasteiger partial charge in [-0.05, 0) is 35.9 Å². The molecule has 0 aliphatic heterocycles. The minimum Gasteiger partial charge on any atom is -0.465 e. The monoisotopic (exact) mass is 336 g/mol. The van der Waals surface area contributed by atoms with E-state index in [4.69, 9.17) is 4.42 Å². The van der Waals surface area contributed by atoms with Crippen LogP contribution in [0.15, 0.2) is 53.1 Å². The second-order valence-electron chi connectivity index (χ2n) is 4.93. The molecule has 0 unspecified atom stereocenters. The van der Waals surface area contributed by atoms with Gasteiger partial charge in [-0.25, -0.2) is 4.79 Å². The highest BCUT2D eigenvalue weighted by atomic mass is 19.4. The van der Waals surface area contributed by atoms with Crippen molar-refractivity contribution in [2.75, 3.05) is 7.11 Å². The molecule has 3 rings (SSSR count). The number of esters is 1. The normalized spacial score (nSPS) is 11.5. The number of methoxy groups -OCH3 is 1. The Morgan fingerprint density at radius 3 is 2.62 bits per heavy atom. The van der Waals surface area contributed by atoms with E-state index in [0.29, 0.717) is 27.7 Å². The van der Waals surface area contributed by atoms with Crippen molar-refractivity contribution in [3.8, 4) is 16.9 Å². The summed E-state index contributed by atoms with van der Waals surface area (Å²) in [5, 5.41) is 0.585. The van der Waals surface area contributed by atoms with Gasteiger partial charge < -0.3 is 13.9 Å². The van der Waals surface area contributed by atoms with Gasteiger partial charge in [0.2, 0.25) is 0 Å². The average Bonchev–Trinajstić information content (AvgIpc) is 2.95. The van der Waals surface area contributed by atoms with Crippen LogP contribution in [0, 0.1) is 0 Å². The Hall–Kier alpha value is -2.96. The fourth-order valence-electron chi connectivity index (χ4n) is 2.36. The van der Waals surface area contributed by atoms with Crippen molar-refractivity contribution >= 4 is 16.9 Å². The molecule has 2 aromatic carbocycles. The van der Waals surface area contributed by atoms with Gasteiger partial charge >= 0.3 is 12.3 Å². The number of halogens is 3. The third-order valence-corrected chi connectivity index (χ3v) is 3.37. The summed E-state index contributed by atoms with van der Waals surface area (Å²) in [4.78, 5) is 11.6. The van der Waals surface area contributed by atoms with E-state index in [9.17, 15) is 18.0 Å². The van der Waals surface area contributed by atoms with Crippen molar-refractivity contribution in [1.82, 2.24) is 0 Å². The minimum atomic E-state index is -4.77. The second-order valence-corrected chi connectivity index (χ2v) is 4.93. The van der Waals surface area contributed by atoms with E-state index in [2.05, 4.69) is 9.47 Å². The first-order valence-electron chi connectivity index (χ1n) is 6.83. The number of hydrogen-bond acceptors (Lipinski definition) is 4. The van der Waals surface area contributed by atoms with Gasteiger partial charge in [-0.15, -0.1) is 13.2 Å². The Balaban J connectivity index is 2.06. The number of alkyl halides is 3. The van der Waals surface area contributed by atoms with Crippen molar-refractivity contribution in [2.45, 2.75) is 6.36 Å². The minimum absolute atomic E-state index is 0.315. The first kappa shape index (κ1) is 15.9. The van der Waals surface area contributed by atoms with Crippen molar-refractivity contribution < 1.29 is 31.9 Å². The number of benzene rings is 2. The molecular weight excluding hydrogens is 325 g/mol. The van der Waals surface area contributed by atoms with Crippen LogP contribution in [0.5, 0.6) is 5.75 Å². The number of carbonyl (C=O) groups excluding carboxylic acids is 1. The highest BCUT2D eigenvalue weighted by molar-refractivity contribution is 6.00. The maximum Gasteiger partial charge on any atom is 0.573 e. The lowest BCUT2D eigenvalue weighted by Gasteiger charge is -2.09. The Labute approximate surface area is 134 Å². The summed E-state index contributed by atoms with van der Waals surface area (Å²) in [7, 11) is 1.26. The first-order valence-corrected chi connectivity index (χ1v) is 6.83. The second kappa shape index (κ2) is 5.92. The molecule has 4 nitrogen and oxygen atoms in total. The van der Waals surface area contributed by atoms with Crippen LogP contribution in [0.1, 0.15) is 10.4 Å². The summed E-state index contributed by atoms with van der Waals surface area (Å²) in [6.45, 7) is 0. The molecule has 0 atom stereocenters. The van der Waals surface area contributed by atoms with Gasteiger partial charge in [0.1, 0.15) is 11.3 Å². The largest absolute Gasteiger partial charge is 0.573 e. The third-order valence-electron chi connectivity index (χ3n) is 3.37. The number of furan rings is 1. The number of fused-ring (bicyclic) bond motifs is 1. The zero-order valence-electron chi connectivity index (χ0n) is 12.4. The maximum absolute atomic E-state index is 12.4. The van der Waals surface area contributed by atoms with E-state index < -0.39 is 12.3 Å². The smallest absolute Gasteiger partial charge is 0.465 e. The Morgan fingerprint density at radius 2 is 1.92 bits per heavy atom. The molecule has 0 aliphatic rings. The average molecular weight is 336 g/mol. The van der Waals surface area contributed by atoms with Crippen molar-refractivity contribution in [3.63, 3.8) is 0 Å². The number of hydrogen-bond donors (Lipinski definition) is 0. The molecule has 1 heterocycles. The van der Waals surface area contributed by atoms with Crippen LogP contribution < -0.4 is 4.74 Å². The molecule has 0 N–H and O–H groups in total. The van der Waals surface area contributed by atoms with E-state index in [1.807, 2.05) is 0 Å². The molecule has 0 bridgehead atoms. The highest BCUT2D eigenvalue weighted by Crippen LogP contribution is 2.34. The fraction of sp³-hybridized carbons (Fsp3) is 0.118. The molecule has 7 heteroatoms. The molecule has 24 heavy (non-hydrogen) atoms. The van der Waals surface area contributed by atoms with Gasteiger partial charge in [0, 0.05) is 10.9 Å². The fourth-order valence-corrected chi connectivity index (χ4v) is 2.36. The lowest BCUT2D eigenvalue weighted by molar-refractivity contribution is -0.274. The lowest BCUT2D eigenvalue weighted by atomic mass is 10.0. The van der Waals surface area contributed by atoms with E-state index in [1.165, 1.54) is 31.6 Å². The van der Waals surface area contributed by atoms with Crippen molar-refractivity contribution in [3.05, 3.63) is 54.3 Å². The van der Waals surface area contributed by atoms with E-state index in [-0.39, 0.29) is 5.75 Å². The Bertz CT molecular complexity index is 896. The van der Waals surface area contributed by atoms with Crippen LogP contribution in [0.4, 0.5) is 13.2 Å². The summed E-state index contributed by atoms with van der Waals surface area (Å²) in [5.74, 6) is -0.850. The van der Waals surface area contributed by atoms with Gasteiger partial charge in [0.15, 0.2) is 0 Å². The molecule has 0 saturated carbocycles. The molecule has 0 radical (unpaired) electrons. The maximum atomic E-state index is 12.4. The van der Waals surface area contributed by atoms with Crippen LogP contribution in [0.25, 0.3) is 22.1 Å². The SMILES string of the molecule is COC(=O)c1ccc2occ(-c3cccc(OC(F)(F)F)c3)c2c1. The molecule has 0 spiro atoms. The van der Waals surface area contributed by atoms with E-state index >= 15 is 0 Å². The summed E-state index contributed by atoms with van der Waals surface area (Å²) in [6.07, 6.45) is -3.35. The molecule has 3 aromatic rings. The predicted molar refractivity (Wildman–Crippen MR) is 79.7 cm³/mol. The first-order chi connectivity index (χ1) is 11.4. The van der Waals surface area contributed by atoms with Crippen molar-refractivity contribution in [1.29, 1.82) is 0 Å². The van der Waals surface area contributed by atoms with Crippen LogP contribution in [-0.4, -0.2) is 19.4 Å². The predicted octanol–water partition coefficient (Wildman–Crippen LogP) is 4.79. The van der Waals surface area contributed by atoms with Gasteiger partial charge in [-0.2, -0.15) is 0 Å². The lowest BCUT2D eigenvalue weighted by Crippen LogP contribution is -2.17. The number of rotatable bonds is 3. The quantitative estimate of drug-likeness (QED) is 0.646. The zero-order valence-corrected chi connectivity index (χ0v) is 12.4. The summed E-state index contributed by atoms with van der Waals surface area (Å²) >= 11 is 0. The molecule has 1 aromatic heterocycles.